The summed E-state index contributed by atoms with van der Waals surface area (Å²) in [4.78, 5) is 48.7. The Morgan fingerprint density at radius 2 is 1.57 bits per heavy atom. The molecule has 1 saturated heterocycles. The third kappa shape index (κ3) is 5.68. The van der Waals surface area contributed by atoms with E-state index in [-0.39, 0.29) is 22.2 Å². The molecule has 2 heterocycles. The molecular weight excluding hydrogens is 586 g/mol. The highest BCUT2D eigenvalue weighted by atomic mass is 32.1. The largest absolute Gasteiger partial charge is 0.450 e. The van der Waals surface area contributed by atoms with Gasteiger partial charge in [-0.2, -0.15) is 0 Å². The molecule has 0 aliphatic carbocycles. The van der Waals surface area contributed by atoms with E-state index in [2.05, 4.69) is 5.32 Å². The molecule has 1 aromatic heterocycles. The fraction of sp³-hybridized carbons (Fsp3) is 0.129. The second-order valence-corrected chi connectivity index (χ2v) is 10.3. The van der Waals surface area contributed by atoms with Gasteiger partial charge in [-0.3, -0.25) is 40.0 Å². The van der Waals surface area contributed by atoms with Crippen LogP contribution >= 0.6 is 12.2 Å². The van der Waals surface area contributed by atoms with Crippen molar-refractivity contribution in [2.75, 3.05) is 4.90 Å². The summed E-state index contributed by atoms with van der Waals surface area (Å²) in [7, 11) is 0. The van der Waals surface area contributed by atoms with Crippen molar-refractivity contribution in [2.45, 2.75) is 27.2 Å². The van der Waals surface area contributed by atoms with Gasteiger partial charge < -0.3 is 9.30 Å². The zero-order chi connectivity index (χ0) is 31.7. The Morgan fingerprint density at radius 1 is 0.909 bits per heavy atom. The Kier molecular flexibility index (Phi) is 8.05. The van der Waals surface area contributed by atoms with Crippen LogP contribution in [0.4, 0.5) is 17.1 Å². The van der Waals surface area contributed by atoms with Gasteiger partial charge >= 0.3 is 5.69 Å². The van der Waals surface area contributed by atoms with Crippen molar-refractivity contribution in [3.05, 3.63) is 121 Å². The van der Waals surface area contributed by atoms with Gasteiger partial charge in [-0.1, -0.05) is 19.1 Å². The molecule has 44 heavy (non-hydrogen) atoms. The number of nitro groups is 2. The number of aryl methyl sites for hydroxylation is 2. The molecule has 1 aliphatic rings. The number of anilines is 1. The Hall–Kier alpha value is -5.69. The molecule has 2 amide bonds. The van der Waals surface area contributed by atoms with Gasteiger partial charge in [0.25, 0.3) is 17.5 Å². The first-order chi connectivity index (χ1) is 21.0. The highest BCUT2D eigenvalue weighted by molar-refractivity contribution is 7.80. The molecule has 0 radical (unpaired) electrons. The Morgan fingerprint density at radius 3 is 2.18 bits per heavy atom. The van der Waals surface area contributed by atoms with Crippen molar-refractivity contribution in [3.63, 3.8) is 0 Å². The van der Waals surface area contributed by atoms with Gasteiger partial charge in [0.15, 0.2) is 5.11 Å². The van der Waals surface area contributed by atoms with Crippen LogP contribution in [0.3, 0.4) is 0 Å². The number of aromatic nitrogens is 1. The SMILES string of the molecule is CCc1ccc(N2C(=O)/C(=C/c3cc(C)n(-c4ccc(Oc5ccc([N+](=O)[O-])cc5[N+](=O)[O-])cc4)c3C)C(=O)NC2=S)cc1. The predicted molar refractivity (Wildman–Crippen MR) is 167 cm³/mol. The number of ether oxygens (including phenoxy) is 1. The third-order valence-corrected chi connectivity index (χ3v) is 7.43. The van der Waals surface area contributed by atoms with E-state index in [1.165, 1.54) is 17.0 Å². The van der Waals surface area contributed by atoms with Crippen LogP contribution < -0.4 is 15.0 Å². The minimum absolute atomic E-state index is 0.00763. The summed E-state index contributed by atoms with van der Waals surface area (Å²) in [5.74, 6) is -0.980. The number of carbonyl (C=O) groups is 2. The summed E-state index contributed by atoms with van der Waals surface area (Å²) in [6, 6.07) is 19.1. The molecule has 13 heteroatoms. The number of benzene rings is 3. The van der Waals surface area contributed by atoms with E-state index in [0.29, 0.717) is 11.3 Å². The number of hydrogen-bond donors (Lipinski definition) is 1. The number of hydrogen-bond acceptors (Lipinski definition) is 8. The van der Waals surface area contributed by atoms with Gasteiger partial charge in [0.05, 0.1) is 21.6 Å². The number of thiocarbonyl (C=S) groups is 1. The lowest BCUT2D eigenvalue weighted by atomic mass is 10.1. The molecule has 0 spiro atoms. The number of rotatable bonds is 8. The topological polar surface area (TPSA) is 150 Å². The van der Waals surface area contributed by atoms with E-state index < -0.39 is 33.0 Å². The summed E-state index contributed by atoms with van der Waals surface area (Å²) in [6.45, 7) is 5.75. The summed E-state index contributed by atoms with van der Waals surface area (Å²) in [6.07, 6.45) is 2.38. The van der Waals surface area contributed by atoms with E-state index in [1.54, 1.807) is 36.4 Å². The molecule has 0 atom stereocenters. The van der Waals surface area contributed by atoms with Gasteiger partial charge in [-0.15, -0.1) is 0 Å². The summed E-state index contributed by atoms with van der Waals surface area (Å²) in [5, 5.41) is 25.1. The van der Waals surface area contributed by atoms with Crippen LogP contribution in [0.2, 0.25) is 0 Å². The van der Waals surface area contributed by atoms with E-state index in [1.807, 2.05) is 43.5 Å². The van der Waals surface area contributed by atoms with Crippen LogP contribution in [0.5, 0.6) is 11.5 Å². The standard InChI is InChI=1S/C31H25N5O7S/c1-4-20-5-7-23(8-6-20)34-30(38)26(29(37)32-31(34)44)16-21-15-18(2)33(19(21)3)22-9-12-25(13-10-22)43-28-14-11-24(35(39)40)17-27(28)36(41)42/h5-17H,4H2,1-3H3,(H,32,37,44)/b26-16+. The zero-order valence-corrected chi connectivity index (χ0v) is 24.6. The molecule has 3 aromatic carbocycles. The molecular formula is C31H25N5O7S. The molecule has 5 rings (SSSR count). The zero-order valence-electron chi connectivity index (χ0n) is 23.8. The quantitative estimate of drug-likeness (QED) is 0.0826. The highest BCUT2D eigenvalue weighted by Crippen LogP contribution is 2.35. The number of non-ortho nitro benzene ring substituents is 1. The second kappa shape index (κ2) is 11.9. The lowest BCUT2D eigenvalue weighted by molar-refractivity contribution is -0.394. The van der Waals surface area contributed by atoms with Crippen LogP contribution in [0.25, 0.3) is 11.8 Å². The minimum atomic E-state index is -0.745. The fourth-order valence-electron chi connectivity index (χ4n) is 4.90. The molecule has 222 valence electrons. The second-order valence-electron chi connectivity index (χ2n) is 9.90. The third-order valence-electron chi connectivity index (χ3n) is 7.15. The smallest absolute Gasteiger partial charge is 0.318 e. The average Bonchev–Trinajstić information content (AvgIpc) is 3.27. The number of nitro benzene ring substituents is 2. The molecule has 12 nitrogen and oxygen atoms in total. The molecule has 1 fully saturated rings. The van der Waals surface area contributed by atoms with E-state index in [4.69, 9.17) is 17.0 Å². The lowest BCUT2D eigenvalue weighted by Crippen LogP contribution is -2.54. The molecule has 1 aliphatic heterocycles. The van der Waals surface area contributed by atoms with Crippen molar-refractivity contribution >= 4 is 52.3 Å². The maximum absolute atomic E-state index is 13.5. The van der Waals surface area contributed by atoms with Crippen LogP contribution in [0, 0.1) is 34.1 Å². The highest BCUT2D eigenvalue weighted by Gasteiger charge is 2.34. The van der Waals surface area contributed by atoms with Gasteiger partial charge in [-0.25, -0.2) is 0 Å². The molecule has 0 saturated carbocycles. The van der Waals surface area contributed by atoms with Gasteiger partial charge in [0.2, 0.25) is 5.75 Å². The maximum atomic E-state index is 13.5. The summed E-state index contributed by atoms with van der Waals surface area (Å²) in [5.41, 5.74) is 3.59. The minimum Gasteiger partial charge on any atom is -0.450 e. The predicted octanol–water partition coefficient (Wildman–Crippen LogP) is 6.10. The monoisotopic (exact) mass is 611 g/mol. The van der Waals surface area contributed by atoms with Crippen molar-refractivity contribution in [1.29, 1.82) is 0 Å². The lowest BCUT2D eigenvalue weighted by Gasteiger charge is -2.29. The van der Waals surface area contributed by atoms with E-state index in [9.17, 15) is 29.8 Å². The molecule has 4 aromatic rings. The molecule has 0 unspecified atom stereocenters. The van der Waals surface area contributed by atoms with E-state index >= 15 is 0 Å². The summed E-state index contributed by atoms with van der Waals surface area (Å²) >= 11 is 5.32. The molecule has 0 bridgehead atoms. The Bertz CT molecular complexity index is 1880. The normalized spacial score (nSPS) is 14.1. The Balaban J connectivity index is 1.42. The molecule has 1 N–H and O–H groups in total. The van der Waals surface area contributed by atoms with Gasteiger partial charge in [-0.05, 0) is 98.2 Å². The van der Waals surface area contributed by atoms with Crippen LogP contribution in [0.15, 0.2) is 78.4 Å². The number of carbonyl (C=O) groups excluding carboxylic acids is 2. The first-order valence-corrected chi connectivity index (χ1v) is 13.8. The summed E-state index contributed by atoms with van der Waals surface area (Å²) < 4.78 is 7.59. The van der Waals surface area contributed by atoms with Crippen molar-refractivity contribution < 1.29 is 24.2 Å². The number of amides is 2. The van der Waals surface area contributed by atoms with E-state index in [0.717, 1.165) is 41.2 Å². The van der Waals surface area contributed by atoms with Crippen LogP contribution in [-0.2, 0) is 16.0 Å². The van der Waals surface area contributed by atoms with Crippen molar-refractivity contribution in [3.8, 4) is 17.2 Å². The first kappa shape index (κ1) is 29.8. The number of nitrogens with zero attached hydrogens (tertiary/aromatic N) is 4. The van der Waals surface area contributed by atoms with Gasteiger partial charge in [0.1, 0.15) is 11.3 Å². The Labute approximate surface area is 256 Å². The van der Waals surface area contributed by atoms with Crippen LogP contribution in [0.1, 0.15) is 29.4 Å². The fourth-order valence-corrected chi connectivity index (χ4v) is 5.18. The average molecular weight is 612 g/mol. The van der Waals surface area contributed by atoms with Crippen molar-refractivity contribution in [2.24, 2.45) is 0 Å². The van der Waals surface area contributed by atoms with Crippen LogP contribution in [-0.4, -0.2) is 31.3 Å². The van der Waals surface area contributed by atoms with Gasteiger partial charge in [0, 0.05) is 23.1 Å². The first-order valence-electron chi connectivity index (χ1n) is 13.4. The maximum Gasteiger partial charge on any atom is 0.318 e. The van der Waals surface area contributed by atoms with Crippen molar-refractivity contribution in [1.82, 2.24) is 9.88 Å². The number of nitrogens with one attached hydrogen (secondary N) is 1.